The van der Waals surface area contributed by atoms with Crippen molar-refractivity contribution in [1.82, 2.24) is 10.2 Å². The Morgan fingerprint density at radius 1 is 1.08 bits per heavy atom. The van der Waals surface area contributed by atoms with Gasteiger partial charge in [0.05, 0.1) is 23.4 Å². The van der Waals surface area contributed by atoms with E-state index in [1.807, 2.05) is 0 Å². The van der Waals surface area contributed by atoms with Crippen molar-refractivity contribution in [3.8, 4) is 17.0 Å². The number of nitro benzene ring substituents is 1. The summed E-state index contributed by atoms with van der Waals surface area (Å²) < 4.78 is 5.10. The summed E-state index contributed by atoms with van der Waals surface area (Å²) in [4.78, 5) is 22.4. The lowest BCUT2D eigenvalue weighted by Gasteiger charge is -2.00. The van der Waals surface area contributed by atoms with Gasteiger partial charge in [0, 0.05) is 23.8 Å². The number of aromatic amines is 2. The minimum Gasteiger partial charge on any atom is -0.497 e. The third kappa shape index (κ3) is 3.44. The summed E-state index contributed by atoms with van der Waals surface area (Å²) in [6.07, 6.45) is 0. The van der Waals surface area contributed by atoms with Crippen LogP contribution in [-0.4, -0.2) is 22.2 Å². The first kappa shape index (κ1) is 16.1. The highest BCUT2D eigenvalue weighted by molar-refractivity contribution is 5.72. The smallest absolute Gasteiger partial charge is 0.292 e. The maximum atomic E-state index is 12.0. The number of H-pyrrole nitrogens is 2. The number of hydrogen-bond donors (Lipinski definition) is 2. The molecule has 0 saturated carbocycles. The lowest BCUT2D eigenvalue weighted by molar-refractivity contribution is -0.384. The van der Waals surface area contributed by atoms with Gasteiger partial charge in [0.1, 0.15) is 5.75 Å². The molecule has 1 heterocycles. The highest BCUT2D eigenvalue weighted by Crippen LogP contribution is 2.29. The second-order valence-corrected chi connectivity index (χ2v) is 5.01. The average molecular weight is 339 g/mol. The number of methoxy groups -OCH3 is 1. The van der Waals surface area contributed by atoms with Gasteiger partial charge in [-0.05, 0) is 12.1 Å². The molecular formula is C16H13N5O4. The summed E-state index contributed by atoms with van der Waals surface area (Å²) in [5.41, 5.74) is 0.740. The molecule has 0 aliphatic carbocycles. The van der Waals surface area contributed by atoms with Gasteiger partial charge in [-0.1, -0.05) is 18.2 Å². The van der Waals surface area contributed by atoms with Crippen LogP contribution in [0.3, 0.4) is 0 Å². The Bertz CT molecular complexity index is 1010. The van der Waals surface area contributed by atoms with Gasteiger partial charge in [0.25, 0.3) is 11.2 Å². The molecule has 9 heteroatoms. The first-order chi connectivity index (χ1) is 12.1. The van der Waals surface area contributed by atoms with E-state index in [-0.39, 0.29) is 11.4 Å². The minimum absolute atomic E-state index is 0.0308. The summed E-state index contributed by atoms with van der Waals surface area (Å²) >= 11 is 0. The fourth-order valence-electron chi connectivity index (χ4n) is 2.21. The second kappa shape index (κ2) is 6.79. The average Bonchev–Trinajstić information content (AvgIpc) is 3.01. The van der Waals surface area contributed by atoms with Crippen LogP contribution in [0.2, 0.25) is 0 Å². The summed E-state index contributed by atoms with van der Waals surface area (Å²) in [7, 11) is 1.54. The second-order valence-electron chi connectivity index (χ2n) is 5.01. The molecule has 0 fully saturated rings. The number of nitro groups is 1. The van der Waals surface area contributed by atoms with Crippen molar-refractivity contribution in [2.24, 2.45) is 10.2 Å². The van der Waals surface area contributed by atoms with Crippen molar-refractivity contribution in [3.63, 3.8) is 0 Å². The molecule has 0 aliphatic heterocycles. The van der Waals surface area contributed by atoms with E-state index in [0.29, 0.717) is 22.7 Å². The minimum atomic E-state index is -0.508. The van der Waals surface area contributed by atoms with Crippen LogP contribution in [0, 0.1) is 10.1 Å². The summed E-state index contributed by atoms with van der Waals surface area (Å²) in [5.74, 6) is 0.610. The number of non-ortho nitro benzene ring substituents is 1. The molecule has 0 radical (unpaired) electrons. The van der Waals surface area contributed by atoms with Gasteiger partial charge in [-0.25, -0.2) is 0 Å². The van der Waals surface area contributed by atoms with Crippen molar-refractivity contribution in [2.75, 3.05) is 7.11 Å². The van der Waals surface area contributed by atoms with Crippen molar-refractivity contribution in [2.45, 2.75) is 0 Å². The number of aromatic nitrogens is 2. The Kier molecular flexibility index (Phi) is 4.38. The van der Waals surface area contributed by atoms with Gasteiger partial charge >= 0.3 is 0 Å². The molecule has 2 N–H and O–H groups in total. The highest BCUT2D eigenvalue weighted by atomic mass is 16.6. The number of benzene rings is 2. The maximum absolute atomic E-state index is 12.0. The predicted molar refractivity (Wildman–Crippen MR) is 90.7 cm³/mol. The molecule has 3 rings (SSSR count). The Hall–Kier alpha value is -3.75. The lowest BCUT2D eigenvalue weighted by Crippen LogP contribution is -1.96. The van der Waals surface area contributed by atoms with E-state index in [4.69, 9.17) is 4.74 Å². The molecule has 1 aromatic heterocycles. The van der Waals surface area contributed by atoms with Gasteiger partial charge in [-0.3, -0.25) is 25.1 Å². The van der Waals surface area contributed by atoms with Crippen LogP contribution >= 0.6 is 0 Å². The molecule has 0 unspecified atom stereocenters. The van der Waals surface area contributed by atoms with Gasteiger partial charge in [0.15, 0.2) is 5.69 Å². The number of hydrogen-bond acceptors (Lipinski definition) is 6. The zero-order valence-electron chi connectivity index (χ0n) is 13.1. The van der Waals surface area contributed by atoms with E-state index >= 15 is 0 Å². The van der Waals surface area contributed by atoms with Crippen LogP contribution < -0.4 is 10.3 Å². The summed E-state index contributed by atoms with van der Waals surface area (Å²) in [5, 5.41) is 24.0. The predicted octanol–water partition coefficient (Wildman–Crippen LogP) is 3.70. The van der Waals surface area contributed by atoms with E-state index in [2.05, 4.69) is 20.4 Å². The standard InChI is InChI=1S/C16H13N5O4/c1-25-13-7-3-5-11(9-13)17-19-15-14(18-20-16(15)22)10-4-2-6-12(8-10)21(23)24/h2-9H,1H3,(H2,18,20,22). The van der Waals surface area contributed by atoms with E-state index < -0.39 is 10.5 Å². The molecule has 0 saturated heterocycles. The Labute approximate surface area is 141 Å². The zero-order chi connectivity index (χ0) is 17.8. The first-order valence-corrected chi connectivity index (χ1v) is 7.20. The maximum Gasteiger partial charge on any atom is 0.292 e. The quantitative estimate of drug-likeness (QED) is 0.417. The monoisotopic (exact) mass is 339 g/mol. The molecule has 0 spiro atoms. The topological polar surface area (TPSA) is 126 Å². The number of ether oxygens (including phenoxy) is 1. The molecule has 2 aromatic carbocycles. The van der Waals surface area contributed by atoms with Gasteiger partial charge < -0.3 is 4.74 Å². The molecule has 0 aliphatic rings. The molecule has 25 heavy (non-hydrogen) atoms. The van der Waals surface area contributed by atoms with Crippen LogP contribution in [-0.2, 0) is 0 Å². The van der Waals surface area contributed by atoms with Crippen molar-refractivity contribution in [3.05, 3.63) is 69.0 Å². The molecule has 126 valence electrons. The van der Waals surface area contributed by atoms with Gasteiger partial charge in [0.2, 0.25) is 0 Å². The first-order valence-electron chi connectivity index (χ1n) is 7.20. The number of nitrogens with one attached hydrogen (secondary N) is 2. The van der Waals surface area contributed by atoms with Crippen LogP contribution in [0.1, 0.15) is 0 Å². The molecular weight excluding hydrogens is 326 g/mol. The largest absolute Gasteiger partial charge is 0.497 e. The molecule has 0 bridgehead atoms. The molecule has 9 nitrogen and oxygen atoms in total. The van der Waals surface area contributed by atoms with Crippen molar-refractivity contribution in [1.29, 1.82) is 0 Å². The van der Waals surface area contributed by atoms with Crippen LogP contribution in [0.5, 0.6) is 5.75 Å². The fraction of sp³-hybridized carbons (Fsp3) is 0.0625. The number of nitrogens with zero attached hydrogens (tertiary/aromatic N) is 3. The van der Waals surface area contributed by atoms with E-state index in [9.17, 15) is 14.9 Å². The van der Waals surface area contributed by atoms with Gasteiger partial charge in [-0.15, -0.1) is 5.11 Å². The van der Waals surface area contributed by atoms with Gasteiger partial charge in [-0.2, -0.15) is 5.11 Å². The third-order valence-electron chi connectivity index (χ3n) is 3.42. The zero-order valence-corrected chi connectivity index (χ0v) is 13.1. The molecule has 0 atom stereocenters. The van der Waals surface area contributed by atoms with Crippen LogP contribution in [0.25, 0.3) is 11.3 Å². The number of azo groups is 1. The Balaban J connectivity index is 2.00. The molecule has 3 aromatic rings. The van der Waals surface area contributed by atoms with Crippen molar-refractivity contribution < 1.29 is 9.66 Å². The number of rotatable bonds is 5. The third-order valence-corrected chi connectivity index (χ3v) is 3.42. The van der Waals surface area contributed by atoms with E-state index in [0.717, 1.165) is 0 Å². The highest BCUT2D eigenvalue weighted by Gasteiger charge is 2.14. The fourth-order valence-corrected chi connectivity index (χ4v) is 2.21. The normalized spacial score (nSPS) is 10.9. The lowest BCUT2D eigenvalue weighted by atomic mass is 10.1. The Morgan fingerprint density at radius 3 is 2.64 bits per heavy atom. The summed E-state index contributed by atoms with van der Waals surface area (Å²) in [6.45, 7) is 0. The molecule has 0 amide bonds. The SMILES string of the molecule is COc1cccc(N=Nc2c(-c3cccc([N+](=O)[O-])c3)[nH][nH]c2=O)c1. The van der Waals surface area contributed by atoms with E-state index in [1.165, 1.54) is 25.3 Å². The van der Waals surface area contributed by atoms with Crippen LogP contribution in [0.4, 0.5) is 17.1 Å². The Morgan fingerprint density at radius 2 is 1.88 bits per heavy atom. The van der Waals surface area contributed by atoms with Crippen molar-refractivity contribution >= 4 is 17.1 Å². The van der Waals surface area contributed by atoms with E-state index in [1.54, 1.807) is 30.3 Å². The van der Waals surface area contributed by atoms with Crippen LogP contribution in [0.15, 0.2) is 63.6 Å². The summed E-state index contributed by atoms with van der Waals surface area (Å²) in [6, 6.07) is 12.8.